The number of ether oxygens (including phenoxy) is 1. The van der Waals surface area contributed by atoms with Gasteiger partial charge in [0, 0.05) is 44.0 Å². The van der Waals surface area contributed by atoms with E-state index < -0.39 is 5.82 Å². The van der Waals surface area contributed by atoms with Gasteiger partial charge in [-0.1, -0.05) is 18.5 Å². The lowest BCUT2D eigenvalue weighted by molar-refractivity contribution is -0.117. The zero-order valence-electron chi connectivity index (χ0n) is 16.8. The van der Waals surface area contributed by atoms with Gasteiger partial charge in [0.1, 0.15) is 11.6 Å². The summed E-state index contributed by atoms with van der Waals surface area (Å²) >= 11 is 6.05. The fourth-order valence-electron chi connectivity index (χ4n) is 3.61. The average Bonchev–Trinajstić information content (AvgIpc) is 3.25. The molecule has 0 bridgehead atoms. The number of halogens is 2. The summed E-state index contributed by atoms with van der Waals surface area (Å²) in [6, 6.07) is 2.97. The minimum absolute atomic E-state index is 0.0485. The van der Waals surface area contributed by atoms with Crippen LogP contribution < -0.4 is 0 Å². The van der Waals surface area contributed by atoms with Crippen molar-refractivity contribution >= 4 is 28.7 Å². The van der Waals surface area contributed by atoms with E-state index in [1.54, 1.807) is 37.0 Å². The fraction of sp³-hybridized carbons (Fsp3) is 0.350. The van der Waals surface area contributed by atoms with E-state index in [9.17, 15) is 9.18 Å². The van der Waals surface area contributed by atoms with E-state index in [0.29, 0.717) is 34.2 Å². The highest BCUT2D eigenvalue weighted by Crippen LogP contribution is 2.26. The Hall–Kier alpha value is -2.91. The van der Waals surface area contributed by atoms with Crippen LogP contribution in [0.5, 0.6) is 0 Å². The number of carbonyl (C=O) groups excluding carboxylic acids is 1. The molecule has 8 nitrogen and oxygen atoms in total. The molecule has 0 aliphatic carbocycles. The summed E-state index contributed by atoms with van der Waals surface area (Å²) in [5.74, 6) is -0.150. The van der Waals surface area contributed by atoms with E-state index in [2.05, 4.69) is 20.2 Å². The van der Waals surface area contributed by atoms with Gasteiger partial charge in [-0.05, 0) is 25.0 Å². The molecule has 0 radical (unpaired) electrons. The smallest absolute Gasteiger partial charge is 0.191 e. The number of nitrogens with zero attached hydrogens (tertiary/aromatic N) is 6. The zero-order valence-corrected chi connectivity index (χ0v) is 17.5. The van der Waals surface area contributed by atoms with Crippen LogP contribution in [0.4, 0.5) is 4.39 Å². The number of carbonyl (C=O) groups is 1. The molecular formula is C20H20ClFN6O2. The number of hydrogen-bond acceptors (Lipinski definition) is 6. The highest BCUT2D eigenvalue weighted by atomic mass is 35.5. The standard InChI is InChI=1S/C20H20ClFN6O2/c1-4-16(30-3)19-13(9-23-18-8-17(21)26-28(18)19)7-14(29)5-12-6-15(22)20-24-11(2)25-27(20)10-12/h6,8-10,16H,4-5,7H2,1-3H3/t16-/m1/s1. The molecule has 4 heterocycles. The van der Waals surface area contributed by atoms with Crippen LogP contribution in [0.25, 0.3) is 11.3 Å². The Morgan fingerprint density at radius 1 is 1.30 bits per heavy atom. The first-order chi connectivity index (χ1) is 14.4. The van der Waals surface area contributed by atoms with Crippen molar-refractivity contribution in [2.24, 2.45) is 0 Å². The Morgan fingerprint density at radius 2 is 2.10 bits per heavy atom. The van der Waals surface area contributed by atoms with Gasteiger partial charge in [0.15, 0.2) is 22.3 Å². The summed E-state index contributed by atoms with van der Waals surface area (Å²) in [5, 5.41) is 8.73. The Bertz CT molecular complexity index is 1250. The van der Waals surface area contributed by atoms with Crippen molar-refractivity contribution in [1.82, 2.24) is 29.2 Å². The quantitative estimate of drug-likeness (QED) is 0.447. The number of fused-ring (bicyclic) bond motifs is 2. The third-order valence-electron chi connectivity index (χ3n) is 4.87. The third-order valence-corrected chi connectivity index (χ3v) is 5.06. The number of ketones is 1. The molecule has 4 rings (SSSR count). The summed E-state index contributed by atoms with van der Waals surface area (Å²) in [6.45, 7) is 3.67. The summed E-state index contributed by atoms with van der Waals surface area (Å²) in [7, 11) is 1.61. The molecule has 1 atom stereocenters. The van der Waals surface area contributed by atoms with Crippen molar-refractivity contribution in [2.45, 2.75) is 39.2 Å². The van der Waals surface area contributed by atoms with Gasteiger partial charge in [0.2, 0.25) is 0 Å². The SMILES string of the molecule is CC[C@@H](OC)c1c(CC(=O)Cc2cc(F)c3nc(C)nn3c2)cnc2cc(Cl)nn12. The molecule has 4 aromatic rings. The maximum absolute atomic E-state index is 14.3. The van der Waals surface area contributed by atoms with Gasteiger partial charge >= 0.3 is 0 Å². The maximum atomic E-state index is 14.3. The average molecular weight is 431 g/mol. The van der Waals surface area contributed by atoms with Crippen LogP contribution >= 0.6 is 11.6 Å². The predicted octanol–water partition coefficient (Wildman–Crippen LogP) is 3.32. The number of aryl methyl sites for hydroxylation is 1. The van der Waals surface area contributed by atoms with Crippen LogP contribution in [0.15, 0.2) is 24.5 Å². The van der Waals surface area contributed by atoms with Gasteiger partial charge in [0.25, 0.3) is 0 Å². The highest BCUT2D eigenvalue weighted by Gasteiger charge is 2.21. The molecule has 0 fully saturated rings. The predicted molar refractivity (Wildman–Crippen MR) is 108 cm³/mol. The molecule has 30 heavy (non-hydrogen) atoms. The van der Waals surface area contributed by atoms with Gasteiger partial charge in [0.05, 0.1) is 11.8 Å². The Kier molecular flexibility index (Phi) is 5.48. The molecule has 0 spiro atoms. The van der Waals surface area contributed by atoms with Crippen molar-refractivity contribution < 1.29 is 13.9 Å². The topological polar surface area (TPSA) is 86.7 Å². The van der Waals surface area contributed by atoms with Gasteiger partial charge < -0.3 is 4.74 Å². The Labute approximate surface area is 176 Å². The fourth-order valence-corrected chi connectivity index (χ4v) is 3.79. The molecule has 0 amide bonds. The van der Waals surface area contributed by atoms with Gasteiger partial charge in [-0.3, -0.25) is 4.79 Å². The molecule has 0 aromatic carbocycles. The minimum Gasteiger partial charge on any atom is -0.375 e. The molecule has 0 aliphatic heterocycles. The maximum Gasteiger partial charge on any atom is 0.191 e. The molecule has 10 heteroatoms. The van der Waals surface area contributed by atoms with Crippen molar-refractivity contribution in [3.05, 3.63) is 58.1 Å². The van der Waals surface area contributed by atoms with Crippen LogP contribution in [-0.4, -0.2) is 42.1 Å². The number of rotatable bonds is 7. The Balaban J connectivity index is 1.65. The van der Waals surface area contributed by atoms with Crippen molar-refractivity contribution in [1.29, 1.82) is 0 Å². The summed E-state index contributed by atoms with van der Waals surface area (Å²) < 4.78 is 22.9. The summed E-state index contributed by atoms with van der Waals surface area (Å²) in [5.41, 5.74) is 2.67. The number of hydrogen-bond donors (Lipinski definition) is 0. The van der Waals surface area contributed by atoms with Crippen molar-refractivity contribution in [3.63, 3.8) is 0 Å². The lowest BCUT2D eigenvalue weighted by Crippen LogP contribution is -2.16. The summed E-state index contributed by atoms with van der Waals surface area (Å²) in [6.07, 6.45) is 3.82. The molecule has 0 saturated carbocycles. The molecule has 156 valence electrons. The van der Waals surface area contributed by atoms with Crippen LogP contribution in [0, 0.1) is 12.7 Å². The molecule has 0 unspecified atom stereocenters. The summed E-state index contributed by atoms with van der Waals surface area (Å²) in [4.78, 5) is 21.2. The molecule has 0 saturated heterocycles. The van der Waals surface area contributed by atoms with E-state index in [4.69, 9.17) is 16.3 Å². The lowest BCUT2D eigenvalue weighted by atomic mass is 10.0. The largest absolute Gasteiger partial charge is 0.375 e. The van der Waals surface area contributed by atoms with Crippen LogP contribution in [-0.2, 0) is 22.4 Å². The van der Waals surface area contributed by atoms with E-state index in [1.807, 2.05) is 6.92 Å². The van der Waals surface area contributed by atoms with Crippen LogP contribution in [0.2, 0.25) is 5.15 Å². The van der Waals surface area contributed by atoms with Gasteiger partial charge in [-0.2, -0.15) is 10.2 Å². The first-order valence-corrected chi connectivity index (χ1v) is 9.86. The minimum atomic E-state index is -0.513. The molecule has 0 aliphatic rings. The molecule has 0 N–H and O–H groups in total. The number of Topliss-reactive ketones (excluding diaryl/α,β-unsaturated/α-hetero) is 1. The normalized spacial score (nSPS) is 12.7. The zero-order chi connectivity index (χ0) is 21.4. The third kappa shape index (κ3) is 3.78. The monoisotopic (exact) mass is 430 g/mol. The van der Waals surface area contributed by atoms with Crippen LogP contribution in [0.1, 0.15) is 42.1 Å². The number of methoxy groups -OCH3 is 1. The van der Waals surface area contributed by atoms with E-state index in [1.165, 1.54) is 10.6 Å². The second kappa shape index (κ2) is 8.08. The van der Waals surface area contributed by atoms with Crippen molar-refractivity contribution in [2.75, 3.05) is 7.11 Å². The molecule has 4 aromatic heterocycles. The first-order valence-electron chi connectivity index (χ1n) is 9.48. The van der Waals surface area contributed by atoms with E-state index >= 15 is 0 Å². The number of aromatic nitrogens is 6. The second-order valence-corrected chi connectivity index (χ2v) is 7.44. The van der Waals surface area contributed by atoms with Crippen LogP contribution in [0.3, 0.4) is 0 Å². The van der Waals surface area contributed by atoms with Crippen molar-refractivity contribution in [3.8, 4) is 0 Å². The number of pyridine rings is 1. The second-order valence-electron chi connectivity index (χ2n) is 7.05. The first kappa shape index (κ1) is 20.4. The van der Waals surface area contributed by atoms with Gasteiger partial charge in [-0.25, -0.2) is 23.4 Å². The Morgan fingerprint density at radius 3 is 2.83 bits per heavy atom. The van der Waals surface area contributed by atoms with E-state index in [0.717, 1.165) is 5.69 Å². The molecular weight excluding hydrogens is 411 g/mol. The van der Waals surface area contributed by atoms with E-state index in [-0.39, 0.29) is 30.4 Å². The highest BCUT2D eigenvalue weighted by molar-refractivity contribution is 6.29. The van der Waals surface area contributed by atoms with Gasteiger partial charge in [-0.15, -0.1) is 0 Å². The lowest BCUT2D eigenvalue weighted by Gasteiger charge is -2.18.